The summed E-state index contributed by atoms with van der Waals surface area (Å²) in [5, 5.41) is 9.24. The minimum atomic E-state index is -0.781. The fraction of sp³-hybridized carbons (Fsp3) is 0.143. The minimum Gasteiger partial charge on any atom is -0.497 e. The van der Waals surface area contributed by atoms with Crippen LogP contribution in [-0.2, 0) is 0 Å². The predicted octanol–water partition coefficient (Wildman–Crippen LogP) is 4.01. The summed E-state index contributed by atoms with van der Waals surface area (Å²) >= 11 is 4.65. The largest absolute Gasteiger partial charge is 0.497 e. The average Bonchev–Trinajstić information content (AvgIpc) is 2.87. The Kier molecular flexibility index (Phi) is 4.35. The zero-order valence-electron chi connectivity index (χ0n) is 10.1. The number of nitriles is 1. The SMILES string of the molecule is COc1ccc(C(C#N)C(=O)c2ccc(Br)s2)cc1. The fourth-order valence-corrected chi connectivity index (χ4v) is 3.03. The van der Waals surface area contributed by atoms with Crippen molar-refractivity contribution in [2.45, 2.75) is 5.92 Å². The second-order valence-corrected chi connectivity index (χ2v) is 6.27. The average molecular weight is 336 g/mol. The number of carbonyl (C=O) groups is 1. The van der Waals surface area contributed by atoms with Crippen LogP contribution in [0, 0.1) is 11.3 Å². The molecule has 1 atom stereocenters. The molecule has 5 heteroatoms. The Balaban J connectivity index is 2.29. The number of Topliss-reactive ketones (excluding diaryl/α,β-unsaturated/α-hetero) is 1. The standard InChI is InChI=1S/C14H10BrNO2S/c1-18-10-4-2-9(3-5-10)11(8-16)14(17)12-6-7-13(15)19-12/h2-7,11H,1H3. The highest BCUT2D eigenvalue weighted by Gasteiger charge is 2.23. The summed E-state index contributed by atoms with van der Waals surface area (Å²) in [6, 6.07) is 12.6. The van der Waals surface area contributed by atoms with Gasteiger partial charge >= 0.3 is 0 Å². The molecule has 1 unspecified atom stereocenters. The molecule has 1 heterocycles. The van der Waals surface area contributed by atoms with Crippen molar-refractivity contribution in [2.75, 3.05) is 7.11 Å². The molecule has 0 aliphatic heterocycles. The summed E-state index contributed by atoms with van der Waals surface area (Å²) in [5.74, 6) is -0.258. The van der Waals surface area contributed by atoms with Crippen molar-refractivity contribution in [1.29, 1.82) is 5.26 Å². The van der Waals surface area contributed by atoms with Crippen molar-refractivity contribution in [2.24, 2.45) is 0 Å². The van der Waals surface area contributed by atoms with Crippen molar-refractivity contribution >= 4 is 33.0 Å². The van der Waals surface area contributed by atoms with Gasteiger partial charge in [-0.25, -0.2) is 0 Å². The normalized spacial score (nSPS) is 11.6. The lowest BCUT2D eigenvalue weighted by atomic mass is 9.95. The molecule has 19 heavy (non-hydrogen) atoms. The molecule has 0 radical (unpaired) electrons. The van der Waals surface area contributed by atoms with Gasteiger partial charge in [-0.05, 0) is 45.8 Å². The number of halogens is 1. The van der Waals surface area contributed by atoms with Gasteiger partial charge in [-0.3, -0.25) is 4.79 Å². The predicted molar refractivity (Wildman–Crippen MR) is 77.7 cm³/mol. The lowest BCUT2D eigenvalue weighted by molar-refractivity contribution is 0.0983. The van der Waals surface area contributed by atoms with E-state index in [0.29, 0.717) is 16.2 Å². The van der Waals surface area contributed by atoms with E-state index in [1.165, 1.54) is 11.3 Å². The Hall–Kier alpha value is -1.64. The van der Waals surface area contributed by atoms with E-state index in [4.69, 9.17) is 4.74 Å². The van der Waals surface area contributed by atoms with E-state index in [2.05, 4.69) is 22.0 Å². The molecule has 2 aromatic rings. The van der Waals surface area contributed by atoms with E-state index in [9.17, 15) is 10.1 Å². The number of methoxy groups -OCH3 is 1. The highest BCUT2D eigenvalue weighted by molar-refractivity contribution is 9.11. The Morgan fingerprint density at radius 1 is 1.32 bits per heavy atom. The number of thiophene rings is 1. The summed E-state index contributed by atoms with van der Waals surface area (Å²) in [5.41, 5.74) is 0.679. The molecule has 0 amide bonds. The smallest absolute Gasteiger partial charge is 0.194 e. The number of carbonyl (C=O) groups excluding carboxylic acids is 1. The van der Waals surface area contributed by atoms with E-state index in [0.717, 1.165) is 3.79 Å². The van der Waals surface area contributed by atoms with Crippen LogP contribution in [0.3, 0.4) is 0 Å². The van der Waals surface area contributed by atoms with Crippen LogP contribution in [0.25, 0.3) is 0 Å². The third kappa shape index (κ3) is 3.03. The zero-order chi connectivity index (χ0) is 13.8. The fourth-order valence-electron chi connectivity index (χ4n) is 1.67. The molecule has 0 fully saturated rings. The van der Waals surface area contributed by atoms with E-state index >= 15 is 0 Å². The number of ether oxygens (including phenoxy) is 1. The number of nitrogens with zero attached hydrogens (tertiary/aromatic N) is 1. The van der Waals surface area contributed by atoms with Crippen LogP contribution in [0.1, 0.15) is 21.2 Å². The Bertz CT molecular complexity index is 628. The highest BCUT2D eigenvalue weighted by Crippen LogP contribution is 2.28. The number of hydrogen-bond acceptors (Lipinski definition) is 4. The van der Waals surface area contributed by atoms with Gasteiger partial charge in [0.05, 0.1) is 21.8 Å². The summed E-state index contributed by atoms with van der Waals surface area (Å²) in [7, 11) is 1.57. The first-order valence-corrected chi connectivity index (χ1v) is 7.09. The molecule has 0 bridgehead atoms. The molecule has 0 saturated carbocycles. The topological polar surface area (TPSA) is 50.1 Å². The Labute approximate surface area is 123 Å². The monoisotopic (exact) mass is 335 g/mol. The van der Waals surface area contributed by atoms with Crippen LogP contribution < -0.4 is 4.74 Å². The van der Waals surface area contributed by atoms with Gasteiger partial charge in [-0.2, -0.15) is 5.26 Å². The van der Waals surface area contributed by atoms with Crippen LogP contribution >= 0.6 is 27.3 Å². The summed E-state index contributed by atoms with van der Waals surface area (Å²) in [4.78, 5) is 12.9. The Morgan fingerprint density at radius 3 is 2.47 bits per heavy atom. The molecule has 1 aromatic carbocycles. The van der Waals surface area contributed by atoms with Crippen molar-refractivity contribution in [1.82, 2.24) is 0 Å². The molecule has 96 valence electrons. The molecule has 0 spiro atoms. The van der Waals surface area contributed by atoms with Gasteiger partial charge in [-0.15, -0.1) is 11.3 Å². The van der Waals surface area contributed by atoms with Crippen molar-refractivity contribution in [3.8, 4) is 11.8 Å². The van der Waals surface area contributed by atoms with Crippen molar-refractivity contribution in [3.63, 3.8) is 0 Å². The lowest BCUT2D eigenvalue weighted by Crippen LogP contribution is -2.09. The maximum atomic E-state index is 12.3. The Morgan fingerprint density at radius 2 is 2.00 bits per heavy atom. The maximum Gasteiger partial charge on any atom is 0.194 e. The van der Waals surface area contributed by atoms with E-state index in [-0.39, 0.29) is 5.78 Å². The van der Waals surface area contributed by atoms with Crippen LogP contribution in [-0.4, -0.2) is 12.9 Å². The van der Waals surface area contributed by atoms with Gasteiger partial charge < -0.3 is 4.74 Å². The number of rotatable bonds is 4. The molecule has 3 nitrogen and oxygen atoms in total. The van der Waals surface area contributed by atoms with Crippen LogP contribution in [0.5, 0.6) is 5.75 Å². The maximum absolute atomic E-state index is 12.3. The van der Waals surface area contributed by atoms with Gasteiger partial charge in [0.1, 0.15) is 11.7 Å². The van der Waals surface area contributed by atoms with Crippen LogP contribution in [0.2, 0.25) is 0 Å². The quantitative estimate of drug-likeness (QED) is 0.793. The first-order valence-electron chi connectivity index (χ1n) is 5.49. The first-order chi connectivity index (χ1) is 9.15. The highest BCUT2D eigenvalue weighted by atomic mass is 79.9. The number of benzene rings is 1. The first kappa shape index (κ1) is 13.8. The molecule has 0 saturated heterocycles. The molecule has 2 rings (SSSR count). The minimum absolute atomic E-state index is 0.177. The number of hydrogen-bond donors (Lipinski definition) is 0. The molecular weight excluding hydrogens is 326 g/mol. The van der Waals surface area contributed by atoms with Crippen LogP contribution in [0.15, 0.2) is 40.2 Å². The molecule has 0 aliphatic rings. The second-order valence-electron chi connectivity index (χ2n) is 3.80. The van der Waals surface area contributed by atoms with Crippen LogP contribution in [0.4, 0.5) is 0 Å². The van der Waals surface area contributed by atoms with Crippen molar-refractivity contribution < 1.29 is 9.53 Å². The summed E-state index contributed by atoms with van der Waals surface area (Å²) < 4.78 is 5.94. The third-order valence-corrected chi connectivity index (χ3v) is 4.29. The van der Waals surface area contributed by atoms with E-state index in [1.807, 2.05) is 0 Å². The van der Waals surface area contributed by atoms with E-state index in [1.54, 1.807) is 43.5 Å². The van der Waals surface area contributed by atoms with E-state index < -0.39 is 5.92 Å². The number of ketones is 1. The van der Waals surface area contributed by atoms with Gasteiger partial charge in [0.2, 0.25) is 0 Å². The summed E-state index contributed by atoms with van der Waals surface area (Å²) in [6.07, 6.45) is 0. The zero-order valence-corrected chi connectivity index (χ0v) is 12.5. The second kappa shape index (κ2) is 6.00. The van der Waals surface area contributed by atoms with Gasteiger partial charge in [-0.1, -0.05) is 12.1 Å². The molecule has 1 aromatic heterocycles. The third-order valence-electron chi connectivity index (χ3n) is 2.66. The molecular formula is C14H10BrNO2S. The van der Waals surface area contributed by atoms with Gasteiger partial charge in [0, 0.05) is 0 Å². The molecule has 0 N–H and O–H groups in total. The lowest BCUT2D eigenvalue weighted by Gasteiger charge is -2.08. The molecule has 0 aliphatic carbocycles. The van der Waals surface area contributed by atoms with Crippen molar-refractivity contribution in [3.05, 3.63) is 50.6 Å². The van der Waals surface area contributed by atoms with Gasteiger partial charge in [0.25, 0.3) is 0 Å². The van der Waals surface area contributed by atoms with Gasteiger partial charge in [0.15, 0.2) is 5.78 Å². The summed E-state index contributed by atoms with van der Waals surface area (Å²) in [6.45, 7) is 0.